The van der Waals surface area contributed by atoms with Gasteiger partial charge in [-0.1, -0.05) is 41.5 Å². The number of rotatable bonds is 9. The van der Waals surface area contributed by atoms with Crippen LogP contribution < -0.4 is 10.6 Å². The Morgan fingerprint density at radius 3 is 1.43 bits per heavy atom. The SMILES string of the molecule is CCC(C)(C)C(=O)NC1CCC(CC2CCC(NC(=O)C(C)(CC)CC)CC2)CC1. The molecule has 2 aliphatic carbocycles. The maximum Gasteiger partial charge on any atom is 0.226 e. The normalized spacial score (nSPS) is 28.1. The van der Waals surface area contributed by atoms with Crippen molar-refractivity contribution in [2.75, 3.05) is 0 Å². The highest BCUT2D eigenvalue weighted by Crippen LogP contribution is 2.36. The van der Waals surface area contributed by atoms with Crippen LogP contribution in [-0.4, -0.2) is 23.9 Å². The monoisotopic (exact) mass is 420 g/mol. The summed E-state index contributed by atoms with van der Waals surface area (Å²) < 4.78 is 0. The van der Waals surface area contributed by atoms with E-state index in [1.165, 1.54) is 32.1 Å². The van der Waals surface area contributed by atoms with E-state index in [0.29, 0.717) is 12.1 Å². The molecule has 0 aromatic rings. The summed E-state index contributed by atoms with van der Waals surface area (Å²) in [5.41, 5.74) is -0.464. The summed E-state index contributed by atoms with van der Waals surface area (Å²) in [4.78, 5) is 25.1. The lowest BCUT2D eigenvalue weighted by atomic mass is 9.75. The average molecular weight is 421 g/mol. The first-order valence-electron chi connectivity index (χ1n) is 12.8. The maximum atomic E-state index is 12.6. The highest BCUT2D eigenvalue weighted by molar-refractivity contribution is 5.82. The van der Waals surface area contributed by atoms with E-state index in [4.69, 9.17) is 0 Å². The minimum atomic E-state index is -0.253. The number of hydrogen-bond donors (Lipinski definition) is 2. The van der Waals surface area contributed by atoms with Gasteiger partial charge in [-0.2, -0.15) is 0 Å². The van der Waals surface area contributed by atoms with E-state index in [9.17, 15) is 9.59 Å². The Bertz CT molecular complexity index is 551. The van der Waals surface area contributed by atoms with Gasteiger partial charge in [-0.15, -0.1) is 0 Å². The Hall–Kier alpha value is -1.06. The number of carbonyl (C=O) groups is 2. The lowest BCUT2D eigenvalue weighted by Gasteiger charge is -2.36. The summed E-state index contributed by atoms with van der Waals surface area (Å²) in [6.45, 7) is 12.5. The van der Waals surface area contributed by atoms with Gasteiger partial charge in [0.2, 0.25) is 11.8 Å². The van der Waals surface area contributed by atoms with Crippen molar-refractivity contribution >= 4 is 11.8 Å². The summed E-state index contributed by atoms with van der Waals surface area (Å²) >= 11 is 0. The Labute approximate surface area is 185 Å². The summed E-state index contributed by atoms with van der Waals surface area (Å²) in [6.07, 6.45) is 13.6. The Kier molecular flexibility index (Phi) is 9.24. The molecule has 0 heterocycles. The molecule has 0 atom stereocenters. The lowest BCUT2D eigenvalue weighted by Crippen LogP contribution is -2.45. The van der Waals surface area contributed by atoms with Gasteiger partial charge in [-0.25, -0.2) is 0 Å². The standard InChI is InChI=1S/C26H48N2O2/c1-7-25(4,5)23(29)27-21-14-10-19(11-15-21)18-20-12-16-22(17-13-20)28-24(30)26(6,8-2)9-3/h19-22H,7-18H2,1-6H3,(H,27,29)(H,28,30). The van der Waals surface area contributed by atoms with E-state index >= 15 is 0 Å². The molecule has 4 nitrogen and oxygen atoms in total. The Morgan fingerprint density at radius 1 is 0.667 bits per heavy atom. The molecule has 174 valence electrons. The van der Waals surface area contributed by atoms with Gasteiger partial charge in [-0.05, 0) is 88.9 Å². The fourth-order valence-corrected chi connectivity index (χ4v) is 5.03. The van der Waals surface area contributed by atoms with Crippen molar-refractivity contribution in [2.24, 2.45) is 22.7 Å². The van der Waals surface area contributed by atoms with Crippen LogP contribution in [0.4, 0.5) is 0 Å². The zero-order chi connectivity index (χ0) is 22.4. The second-order valence-electron chi connectivity index (χ2n) is 11.1. The molecule has 2 fully saturated rings. The molecule has 0 spiro atoms. The molecule has 0 bridgehead atoms. The molecule has 2 N–H and O–H groups in total. The molecule has 0 radical (unpaired) electrons. The molecule has 2 amide bonds. The molecule has 2 rings (SSSR count). The van der Waals surface area contributed by atoms with E-state index < -0.39 is 0 Å². The van der Waals surface area contributed by atoms with Gasteiger partial charge in [0, 0.05) is 22.9 Å². The third kappa shape index (κ3) is 6.72. The van der Waals surface area contributed by atoms with Crippen LogP contribution in [0, 0.1) is 22.7 Å². The van der Waals surface area contributed by atoms with Gasteiger partial charge in [0.15, 0.2) is 0 Å². The molecule has 0 aliphatic heterocycles. The second kappa shape index (κ2) is 11.0. The summed E-state index contributed by atoms with van der Waals surface area (Å²) in [5.74, 6) is 2.10. The quantitative estimate of drug-likeness (QED) is 0.481. The number of carbonyl (C=O) groups excluding carboxylic acids is 2. The van der Waals surface area contributed by atoms with Gasteiger partial charge in [0.25, 0.3) is 0 Å². The highest BCUT2D eigenvalue weighted by atomic mass is 16.2. The zero-order valence-corrected chi connectivity index (χ0v) is 20.6. The van der Waals surface area contributed by atoms with Crippen molar-refractivity contribution in [2.45, 2.75) is 131 Å². The van der Waals surface area contributed by atoms with E-state index in [1.54, 1.807) is 0 Å². The highest BCUT2D eigenvalue weighted by Gasteiger charge is 2.33. The molecular formula is C26H48N2O2. The molecule has 4 heteroatoms. The van der Waals surface area contributed by atoms with Crippen molar-refractivity contribution in [1.82, 2.24) is 10.6 Å². The van der Waals surface area contributed by atoms with Crippen molar-refractivity contribution in [3.63, 3.8) is 0 Å². The maximum absolute atomic E-state index is 12.6. The van der Waals surface area contributed by atoms with Crippen LogP contribution in [0.5, 0.6) is 0 Å². The van der Waals surface area contributed by atoms with E-state index in [-0.39, 0.29) is 22.6 Å². The zero-order valence-electron chi connectivity index (χ0n) is 20.6. The van der Waals surface area contributed by atoms with E-state index in [0.717, 1.165) is 56.8 Å². The lowest BCUT2D eigenvalue weighted by molar-refractivity contribution is -0.132. The molecule has 0 aromatic heterocycles. The van der Waals surface area contributed by atoms with Gasteiger partial charge >= 0.3 is 0 Å². The Balaban J connectivity index is 1.68. The first-order chi connectivity index (χ1) is 14.1. The summed E-state index contributed by atoms with van der Waals surface area (Å²) in [6, 6.07) is 0.746. The topological polar surface area (TPSA) is 58.2 Å². The van der Waals surface area contributed by atoms with Crippen LogP contribution in [0.15, 0.2) is 0 Å². The third-order valence-corrected chi connectivity index (χ3v) is 8.64. The van der Waals surface area contributed by atoms with Crippen LogP contribution in [0.1, 0.15) is 119 Å². The van der Waals surface area contributed by atoms with Crippen LogP contribution in [0.25, 0.3) is 0 Å². The molecule has 0 aromatic carbocycles. The molecular weight excluding hydrogens is 372 g/mol. The van der Waals surface area contributed by atoms with Gasteiger partial charge < -0.3 is 10.6 Å². The average Bonchev–Trinajstić information content (AvgIpc) is 2.75. The van der Waals surface area contributed by atoms with E-state index in [1.807, 2.05) is 13.8 Å². The molecule has 0 unspecified atom stereocenters. The number of nitrogens with one attached hydrogen (secondary N) is 2. The van der Waals surface area contributed by atoms with Crippen LogP contribution in [0.2, 0.25) is 0 Å². The fraction of sp³-hybridized carbons (Fsp3) is 0.923. The van der Waals surface area contributed by atoms with Gasteiger partial charge in [0.05, 0.1) is 0 Å². The Morgan fingerprint density at radius 2 is 1.07 bits per heavy atom. The summed E-state index contributed by atoms with van der Waals surface area (Å²) in [5, 5.41) is 6.65. The molecule has 0 saturated heterocycles. The molecule has 2 aliphatic rings. The van der Waals surface area contributed by atoms with Gasteiger partial charge in [-0.3, -0.25) is 9.59 Å². The number of amides is 2. The molecule has 30 heavy (non-hydrogen) atoms. The minimum absolute atomic E-state index is 0.211. The first-order valence-corrected chi connectivity index (χ1v) is 12.8. The van der Waals surface area contributed by atoms with Crippen molar-refractivity contribution in [1.29, 1.82) is 0 Å². The largest absolute Gasteiger partial charge is 0.353 e. The van der Waals surface area contributed by atoms with Crippen molar-refractivity contribution < 1.29 is 9.59 Å². The van der Waals surface area contributed by atoms with Crippen LogP contribution in [0.3, 0.4) is 0 Å². The van der Waals surface area contributed by atoms with Gasteiger partial charge in [0.1, 0.15) is 0 Å². The minimum Gasteiger partial charge on any atom is -0.353 e. The number of hydrogen-bond acceptors (Lipinski definition) is 2. The predicted octanol–water partition coefficient (Wildman–Crippen LogP) is 5.99. The predicted molar refractivity (Wildman–Crippen MR) is 125 cm³/mol. The van der Waals surface area contributed by atoms with Crippen LogP contribution in [-0.2, 0) is 9.59 Å². The van der Waals surface area contributed by atoms with E-state index in [2.05, 4.69) is 38.3 Å². The second-order valence-corrected chi connectivity index (χ2v) is 11.1. The molecule has 2 saturated carbocycles. The third-order valence-electron chi connectivity index (χ3n) is 8.64. The van der Waals surface area contributed by atoms with Crippen molar-refractivity contribution in [3.05, 3.63) is 0 Å². The van der Waals surface area contributed by atoms with Crippen LogP contribution >= 0.6 is 0 Å². The smallest absolute Gasteiger partial charge is 0.226 e. The summed E-state index contributed by atoms with van der Waals surface area (Å²) in [7, 11) is 0. The fourth-order valence-electron chi connectivity index (χ4n) is 5.03. The van der Waals surface area contributed by atoms with Crippen molar-refractivity contribution in [3.8, 4) is 0 Å². The first kappa shape index (κ1) is 25.2.